The van der Waals surface area contributed by atoms with Crippen LogP contribution in [0.2, 0.25) is 0 Å². The van der Waals surface area contributed by atoms with Crippen LogP contribution in [0.15, 0.2) is 0 Å². The van der Waals surface area contributed by atoms with Gasteiger partial charge < -0.3 is 5.32 Å². The van der Waals surface area contributed by atoms with Gasteiger partial charge in [0.25, 0.3) is 0 Å². The summed E-state index contributed by atoms with van der Waals surface area (Å²) in [6.45, 7) is 8.05. The minimum Gasteiger partial charge on any atom is -0.314 e. The molecule has 0 heterocycles. The maximum absolute atomic E-state index is 3.65. The molecule has 1 aliphatic rings. The van der Waals surface area contributed by atoms with Gasteiger partial charge in [0.1, 0.15) is 0 Å². The summed E-state index contributed by atoms with van der Waals surface area (Å²) < 4.78 is 0. The molecule has 1 nitrogen and oxygen atoms in total. The van der Waals surface area contributed by atoms with Gasteiger partial charge in [0, 0.05) is 6.04 Å². The predicted octanol–water partition coefficient (Wildman–Crippen LogP) is 3.20. The number of hydrogen-bond acceptors (Lipinski definition) is 1. The van der Waals surface area contributed by atoms with Crippen LogP contribution >= 0.6 is 0 Å². The predicted molar refractivity (Wildman–Crippen MR) is 58.9 cm³/mol. The van der Waals surface area contributed by atoms with E-state index < -0.39 is 0 Å². The average Bonchev–Trinajstić information content (AvgIpc) is 2.51. The monoisotopic (exact) mass is 183 g/mol. The van der Waals surface area contributed by atoms with E-state index in [0.29, 0.717) is 0 Å². The van der Waals surface area contributed by atoms with E-state index in [1.807, 2.05) is 0 Å². The van der Waals surface area contributed by atoms with Crippen LogP contribution in [0.25, 0.3) is 0 Å². The molecule has 1 saturated carbocycles. The quantitative estimate of drug-likeness (QED) is 0.690. The van der Waals surface area contributed by atoms with Gasteiger partial charge in [-0.15, -0.1) is 0 Å². The first kappa shape index (κ1) is 11.0. The highest BCUT2D eigenvalue weighted by Gasteiger charge is 2.27. The zero-order valence-corrected chi connectivity index (χ0v) is 9.47. The highest BCUT2D eigenvalue weighted by atomic mass is 14.9. The maximum atomic E-state index is 3.65. The number of hydrogen-bond donors (Lipinski definition) is 1. The molecule has 1 N–H and O–H groups in total. The third-order valence-electron chi connectivity index (χ3n) is 3.37. The lowest BCUT2D eigenvalue weighted by atomic mass is 9.93. The molecule has 0 spiro atoms. The molecule has 0 aromatic rings. The molecule has 1 fully saturated rings. The lowest BCUT2D eigenvalue weighted by Gasteiger charge is -2.23. The first-order valence-electron chi connectivity index (χ1n) is 6.01. The highest BCUT2D eigenvalue weighted by molar-refractivity contribution is 4.82. The van der Waals surface area contributed by atoms with E-state index >= 15 is 0 Å². The minimum atomic E-state index is 0.806. The van der Waals surface area contributed by atoms with Gasteiger partial charge >= 0.3 is 0 Å². The summed E-state index contributed by atoms with van der Waals surface area (Å²) in [5, 5.41) is 3.65. The summed E-state index contributed by atoms with van der Waals surface area (Å²) in [7, 11) is 0. The van der Waals surface area contributed by atoms with Crippen LogP contribution in [-0.2, 0) is 0 Å². The number of rotatable bonds is 5. The first-order valence-corrected chi connectivity index (χ1v) is 6.01. The first-order chi connectivity index (χ1) is 6.27. The van der Waals surface area contributed by atoms with Crippen molar-refractivity contribution in [3.05, 3.63) is 0 Å². The summed E-state index contributed by atoms with van der Waals surface area (Å²) in [5.41, 5.74) is 0. The van der Waals surface area contributed by atoms with Gasteiger partial charge in [-0.2, -0.15) is 0 Å². The molecule has 0 saturated heterocycles. The van der Waals surface area contributed by atoms with Crippen molar-refractivity contribution >= 4 is 0 Å². The molecular formula is C12H25N. The Morgan fingerprint density at radius 3 is 2.54 bits per heavy atom. The van der Waals surface area contributed by atoms with E-state index in [2.05, 4.69) is 26.1 Å². The van der Waals surface area contributed by atoms with Crippen molar-refractivity contribution in [3.63, 3.8) is 0 Å². The Labute approximate surface area is 83.3 Å². The second-order valence-electron chi connectivity index (χ2n) is 4.63. The van der Waals surface area contributed by atoms with E-state index in [1.165, 1.54) is 32.1 Å². The molecule has 0 radical (unpaired) electrons. The van der Waals surface area contributed by atoms with Crippen molar-refractivity contribution in [1.29, 1.82) is 0 Å². The molecule has 13 heavy (non-hydrogen) atoms. The van der Waals surface area contributed by atoms with Gasteiger partial charge in [0.15, 0.2) is 0 Å². The van der Waals surface area contributed by atoms with Gasteiger partial charge in [0.2, 0.25) is 0 Å². The Balaban J connectivity index is 2.35. The second kappa shape index (κ2) is 5.64. The second-order valence-corrected chi connectivity index (χ2v) is 4.63. The van der Waals surface area contributed by atoms with Gasteiger partial charge in [-0.25, -0.2) is 0 Å². The zero-order valence-electron chi connectivity index (χ0n) is 9.47. The summed E-state index contributed by atoms with van der Waals surface area (Å²) in [4.78, 5) is 0. The minimum absolute atomic E-state index is 0.806. The summed E-state index contributed by atoms with van der Waals surface area (Å²) >= 11 is 0. The average molecular weight is 183 g/mol. The Bertz CT molecular complexity index is 127. The lowest BCUT2D eigenvalue weighted by Crippen LogP contribution is -2.34. The van der Waals surface area contributed by atoms with Crippen molar-refractivity contribution in [3.8, 4) is 0 Å². The van der Waals surface area contributed by atoms with E-state index in [9.17, 15) is 0 Å². The fourth-order valence-electron chi connectivity index (χ4n) is 2.69. The largest absolute Gasteiger partial charge is 0.314 e. The third-order valence-corrected chi connectivity index (χ3v) is 3.37. The van der Waals surface area contributed by atoms with Crippen LogP contribution in [0.1, 0.15) is 52.9 Å². The van der Waals surface area contributed by atoms with E-state index in [4.69, 9.17) is 0 Å². The van der Waals surface area contributed by atoms with E-state index in [0.717, 1.165) is 24.4 Å². The topological polar surface area (TPSA) is 12.0 Å². The van der Waals surface area contributed by atoms with E-state index in [-0.39, 0.29) is 0 Å². The highest BCUT2D eigenvalue weighted by Crippen LogP contribution is 2.33. The molecule has 0 aliphatic heterocycles. The third kappa shape index (κ3) is 3.30. The van der Waals surface area contributed by atoms with E-state index in [1.54, 1.807) is 0 Å². The molecule has 0 aromatic heterocycles. The smallest absolute Gasteiger partial charge is 0.00952 e. The van der Waals surface area contributed by atoms with Gasteiger partial charge in [-0.1, -0.05) is 33.6 Å². The number of nitrogens with one attached hydrogen (secondary N) is 1. The standard InChI is InChI=1S/C12H25N/c1-4-6-12(13-5-2)11-8-7-10(3)9-11/h10-13H,4-9H2,1-3H3. The van der Waals surface area contributed by atoms with Crippen molar-refractivity contribution in [2.45, 2.75) is 58.9 Å². The Kier molecular flexibility index (Phi) is 4.79. The van der Waals surface area contributed by atoms with Crippen molar-refractivity contribution in [1.82, 2.24) is 5.32 Å². The fraction of sp³-hybridized carbons (Fsp3) is 1.00. The molecule has 0 aromatic carbocycles. The maximum Gasteiger partial charge on any atom is 0.00952 e. The van der Waals surface area contributed by atoms with Crippen LogP contribution in [0.5, 0.6) is 0 Å². The van der Waals surface area contributed by atoms with Crippen LogP contribution in [0, 0.1) is 11.8 Å². The lowest BCUT2D eigenvalue weighted by molar-refractivity contribution is 0.336. The summed E-state index contributed by atoms with van der Waals surface area (Å²) in [6, 6.07) is 0.806. The molecule has 1 heteroatoms. The van der Waals surface area contributed by atoms with Gasteiger partial charge in [0.05, 0.1) is 0 Å². The molecule has 3 atom stereocenters. The Morgan fingerprint density at radius 2 is 2.08 bits per heavy atom. The molecule has 0 amide bonds. The molecule has 3 unspecified atom stereocenters. The zero-order chi connectivity index (χ0) is 9.68. The molecule has 0 bridgehead atoms. The Hall–Kier alpha value is -0.0400. The Morgan fingerprint density at radius 1 is 1.31 bits per heavy atom. The summed E-state index contributed by atoms with van der Waals surface area (Å²) in [5.74, 6) is 1.94. The van der Waals surface area contributed by atoms with Gasteiger partial charge in [-0.3, -0.25) is 0 Å². The molecule has 1 rings (SSSR count). The van der Waals surface area contributed by atoms with Gasteiger partial charge in [-0.05, 0) is 37.6 Å². The van der Waals surface area contributed by atoms with Crippen molar-refractivity contribution in [2.24, 2.45) is 11.8 Å². The summed E-state index contributed by atoms with van der Waals surface area (Å²) in [6.07, 6.45) is 7.06. The van der Waals surface area contributed by atoms with Crippen LogP contribution in [-0.4, -0.2) is 12.6 Å². The normalized spacial score (nSPS) is 30.7. The van der Waals surface area contributed by atoms with Crippen molar-refractivity contribution < 1.29 is 0 Å². The van der Waals surface area contributed by atoms with Crippen LogP contribution in [0.3, 0.4) is 0 Å². The molecular weight excluding hydrogens is 158 g/mol. The molecule has 1 aliphatic carbocycles. The van der Waals surface area contributed by atoms with Crippen LogP contribution in [0.4, 0.5) is 0 Å². The SMILES string of the molecule is CCCC(NCC)C1CCC(C)C1. The molecule has 78 valence electrons. The fourth-order valence-corrected chi connectivity index (χ4v) is 2.69. The van der Waals surface area contributed by atoms with Crippen molar-refractivity contribution in [2.75, 3.05) is 6.54 Å². The van der Waals surface area contributed by atoms with Crippen LogP contribution < -0.4 is 5.32 Å².